The Balaban J connectivity index is 1.11. The molecule has 0 saturated carbocycles. The van der Waals surface area contributed by atoms with E-state index >= 15 is 0 Å². The van der Waals surface area contributed by atoms with Gasteiger partial charge in [-0.05, 0) is 118 Å². The number of hydrogen-bond donors (Lipinski definition) is 0. The smallest absolute Gasteiger partial charge is 0.0159 e. The minimum absolute atomic E-state index is 0.0148. The fraction of sp³-hybridized carbons (Fsp3) is 0.137. The average Bonchev–Trinajstić information content (AvgIpc) is 3.52. The van der Waals surface area contributed by atoms with Crippen molar-refractivity contribution in [2.75, 3.05) is 0 Å². The van der Waals surface area contributed by atoms with Gasteiger partial charge in [0.15, 0.2) is 0 Å². The summed E-state index contributed by atoms with van der Waals surface area (Å²) in [6.07, 6.45) is 0. The molecule has 0 unspecified atom stereocenters. The van der Waals surface area contributed by atoms with Gasteiger partial charge in [0.1, 0.15) is 0 Å². The molecular formula is C51H40. The van der Waals surface area contributed by atoms with Gasteiger partial charge in [-0.15, -0.1) is 0 Å². The van der Waals surface area contributed by atoms with Gasteiger partial charge in [0.25, 0.3) is 0 Å². The maximum Gasteiger partial charge on any atom is 0.0159 e. The van der Waals surface area contributed by atoms with Crippen molar-refractivity contribution >= 4 is 21.5 Å². The topological polar surface area (TPSA) is 0 Å². The average molecular weight is 653 g/mol. The molecule has 0 spiro atoms. The zero-order valence-electron chi connectivity index (χ0n) is 29.9. The molecule has 0 aromatic heterocycles. The normalized spacial score (nSPS) is 14.7. The van der Waals surface area contributed by atoms with Gasteiger partial charge < -0.3 is 0 Å². The summed E-state index contributed by atoms with van der Waals surface area (Å²) < 4.78 is 0. The molecule has 0 N–H and O–H groups in total. The molecule has 0 heteroatoms. The molecule has 8 aromatic rings. The van der Waals surface area contributed by atoms with Crippen LogP contribution in [0.25, 0.3) is 77.2 Å². The third-order valence-corrected chi connectivity index (χ3v) is 12.1. The minimum Gasteiger partial charge on any atom is -0.0619 e. The highest BCUT2D eigenvalue weighted by Crippen LogP contribution is 2.52. The molecule has 0 nitrogen and oxygen atoms in total. The van der Waals surface area contributed by atoms with Crippen LogP contribution in [0.4, 0.5) is 0 Å². The van der Waals surface area contributed by atoms with Crippen molar-refractivity contribution in [2.45, 2.75) is 45.4 Å². The Labute approximate surface area is 301 Å². The Hall–Kier alpha value is -5.72. The summed E-state index contributed by atoms with van der Waals surface area (Å²) >= 11 is 0. The van der Waals surface area contributed by atoms with Crippen molar-refractivity contribution in [3.8, 4) is 55.6 Å². The van der Waals surface area contributed by atoms with Crippen LogP contribution in [0.15, 0.2) is 152 Å². The first kappa shape index (κ1) is 30.1. The van der Waals surface area contributed by atoms with Gasteiger partial charge in [-0.25, -0.2) is 0 Å². The monoisotopic (exact) mass is 652 g/mol. The molecule has 0 radical (unpaired) electrons. The predicted molar refractivity (Wildman–Crippen MR) is 218 cm³/mol. The molecule has 0 amide bonds. The van der Waals surface area contributed by atoms with Gasteiger partial charge in [0.2, 0.25) is 0 Å². The molecule has 10 rings (SSSR count). The van der Waals surface area contributed by atoms with Gasteiger partial charge in [-0.1, -0.05) is 173 Å². The molecule has 2 aliphatic rings. The zero-order chi connectivity index (χ0) is 34.6. The maximum absolute atomic E-state index is 2.48. The van der Waals surface area contributed by atoms with Crippen LogP contribution in [0, 0.1) is 6.92 Å². The number of aryl methyl sites for hydroxylation is 1. The summed E-state index contributed by atoms with van der Waals surface area (Å²) in [4.78, 5) is 0. The molecule has 0 aliphatic heterocycles. The van der Waals surface area contributed by atoms with Crippen LogP contribution in [0.3, 0.4) is 0 Å². The summed E-state index contributed by atoms with van der Waals surface area (Å²) in [7, 11) is 0. The Bertz CT molecular complexity index is 2680. The lowest BCUT2D eigenvalue weighted by molar-refractivity contribution is 0.660. The largest absolute Gasteiger partial charge is 0.0619 e. The molecule has 0 saturated heterocycles. The first-order valence-corrected chi connectivity index (χ1v) is 18.3. The van der Waals surface area contributed by atoms with Crippen LogP contribution < -0.4 is 0 Å². The molecule has 244 valence electrons. The van der Waals surface area contributed by atoms with Gasteiger partial charge in [0.05, 0.1) is 0 Å². The van der Waals surface area contributed by atoms with Crippen molar-refractivity contribution in [3.63, 3.8) is 0 Å². The number of benzene rings is 8. The Morgan fingerprint density at radius 1 is 0.314 bits per heavy atom. The fourth-order valence-corrected chi connectivity index (χ4v) is 9.47. The van der Waals surface area contributed by atoms with E-state index in [1.165, 1.54) is 105 Å². The molecule has 2 aliphatic carbocycles. The Morgan fingerprint density at radius 3 is 1.31 bits per heavy atom. The molecule has 0 bridgehead atoms. The van der Waals surface area contributed by atoms with Crippen LogP contribution in [0.5, 0.6) is 0 Å². The number of fused-ring (bicyclic) bond motifs is 8. The van der Waals surface area contributed by atoms with Crippen molar-refractivity contribution < 1.29 is 0 Å². The summed E-state index contributed by atoms with van der Waals surface area (Å²) in [6, 6.07) is 57.3. The Kier molecular flexibility index (Phi) is 6.29. The number of rotatable bonds is 3. The van der Waals surface area contributed by atoms with Crippen molar-refractivity contribution in [1.29, 1.82) is 0 Å². The zero-order valence-corrected chi connectivity index (χ0v) is 29.9. The van der Waals surface area contributed by atoms with E-state index in [9.17, 15) is 0 Å². The molecule has 0 fully saturated rings. The fourth-order valence-electron chi connectivity index (χ4n) is 9.47. The molecule has 51 heavy (non-hydrogen) atoms. The van der Waals surface area contributed by atoms with E-state index in [0.29, 0.717) is 0 Å². The van der Waals surface area contributed by atoms with Gasteiger partial charge in [0, 0.05) is 10.8 Å². The first-order chi connectivity index (χ1) is 24.7. The SMILES string of the molecule is Cc1ccc2c(c1)C(C)(C)c1cc(-c3c4ccccc4c(-c4ccc(-c5ccc6c(c5)C(C)(C)c5ccccc5-6)cc4)c4ccccc34)ccc1-2. The highest BCUT2D eigenvalue weighted by atomic mass is 14.4. The highest BCUT2D eigenvalue weighted by Gasteiger charge is 2.37. The molecule has 0 atom stereocenters. The van der Waals surface area contributed by atoms with Crippen molar-refractivity contribution in [1.82, 2.24) is 0 Å². The lowest BCUT2D eigenvalue weighted by Gasteiger charge is -2.23. The summed E-state index contributed by atoms with van der Waals surface area (Å²) in [5, 5.41) is 5.16. The number of hydrogen-bond acceptors (Lipinski definition) is 0. The van der Waals surface area contributed by atoms with E-state index in [1.807, 2.05) is 0 Å². The second kappa shape index (κ2) is 10.6. The summed E-state index contributed by atoms with van der Waals surface area (Å²) in [5.41, 5.74) is 20.0. The Morgan fingerprint density at radius 2 is 0.706 bits per heavy atom. The van der Waals surface area contributed by atoms with Crippen LogP contribution >= 0.6 is 0 Å². The van der Waals surface area contributed by atoms with Crippen molar-refractivity contribution in [2.24, 2.45) is 0 Å². The van der Waals surface area contributed by atoms with Gasteiger partial charge >= 0.3 is 0 Å². The lowest BCUT2D eigenvalue weighted by atomic mass is 9.80. The van der Waals surface area contributed by atoms with Crippen LogP contribution in [-0.4, -0.2) is 0 Å². The van der Waals surface area contributed by atoms with E-state index in [2.05, 4.69) is 186 Å². The lowest BCUT2D eigenvalue weighted by Crippen LogP contribution is -2.15. The predicted octanol–water partition coefficient (Wildman–Crippen LogP) is 13.9. The molecule has 0 heterocycles. The standard InChI is InChI=1S/C51H40/c1-31-18-25-37-39-27-24-35(30-47(39)51(4,5)45(37)28-31)49-42-15-8-6-13-40(42)48(41-14-7-9-16-43(41)49)33-21-19-32(20-22-33)34-23-26-38-36-12-10-11-17-44(36)50(2,3)46(38)29-34/h6-30H,1-5H3. The van der Waals surface area contributed by atoms with Crippen LogP contribution in [0.2, 0.25) is 0 Å². The maximum atomic E-state index is 2.48. The third-order valence-electron chi connectivity index (χ3n) is 12.1. The summed E-state index contributed by atoms with van der Waals surface area (Å²) in [6.45, 7) is 11.7. The van der Waals surface area contributed by atoms with E-state index in [1.54, 1.807) is 0 Å². The highest BCUT2D eigenvalue weighted by molar-refractivity contribution is 6.21. The van der Waals surface area contributed by atoms with E-state index < -0.39 is 0 Å². The van der Waals surface area contributed by atoms with E-state index in [0.717, 1.165) is 0 Å². The van der Waals surface area contributed by atoms with E-state index in [4.69, 9.17) is 0 Å². The van der Waals surface area contributed by atoms with Gasteiger partial charge in [-0.3, -0.25) is 0 Å². The minimum atomic E-state index is -0.0570. The molecule has 8 aromatic carbocycles. The van der Waals surface area contributed by atoms with Gasteiger partial charge in [-0.2, -0.15) is 0 Å². The van der Waals surface area contributed by atoms with Crippen LogP contribution in [0.1, 0.15) is 55.5 Å². The third kappa shape index (κ3) is 4.26. The van der Waals surface area contributed by atoms with E-state index in [-0.39, 0.29) is 10.8 Å². The molecular weight excluding hydrogens is 613 g/mol. The quantitative estimate of drug-likeness (QED) is 0.167. The second-order valence-corrected chi connectivity index (χ2v) is 15.8. The van der Waals surface area contributed by atoms with Crippen molar-refractivity contribution in [3.05, 3.63) is 179 Å². The second-order valence-electron chi connectivity index (χ2n) is 15.8. The van der Waals surface area contributed by atoms with Crippen LogP contribution in [-0.2, 0) is 10.8 Å². The first-order valence-electron chi connectivity index (χ1n) is 18.3. The summed E-state index contributed by atoms with van der Waals surface area (Å²) in [5.74, 6) is 0.